The molecule has 0 saturated carbocycles. The lowest BCUT2D eigenvalue weighted by Crippen LogP contribution is -2.28. The smallest absolute Gasteiger partial charge is 0.340 e. The zero-order chi connectivity index (χ0) is 18.4. The summed E-state index contributed by atoms with van der Waals surface area (Å²) in [5.41, 5.74) is -0.241. The molecule has 1 aromatic heterocycles. The average Bonchev–Trinajstić information content (AvgIpc) is 2.81. The minimum atomic E-state index is -3.89. The van der Waals surface area contributed by atoms with Gasteiger partial charge in [-0.15, -0.1) is 11.3 Å². The van der Waals surface area contributed by atoms with Crippen molar-refractivity contribution in [3.63, 3.8) is 0 Å². The Labute approximate surface area is 141 Å². The first-order chi connectivity index (χ1) is 10.1. The molecule has 6 nitrogen and oxygen atoms in total. The molecule has 0 N–H and O–H groups in total. The van der Waals surface area contributed by atoms with Crippen LogP contribution in [0.4, 0.5) is 0 Å². The summed E-state index contributed by atoms with van der Waals surface area (Å²) < 4.78 is 52.4. The zero-order valence-electron chi connectivity index (χ0n) is 14.3. The predicted octanol–water partition coefficient (Wildman–Crippen LogP) is 2.68. The summed E-state index contributed by atoms with van der Waals surface area (Å²) in [5, 5.41) is 0. The summed E-state index contributed by atoms with van der Waals surface area (Å²) in [5.74, 6) is -0.876. The molecule has 0 bridgehead atoms. The number of sulfone groups is 2. The van der Waals surface area contributed by atoms with Crippen LogP contribution >= 0.6 is 11.3 Å². The Bertz CT molecular complexity index is 815. The molecule has 0 aliphatic heterocycles. The quantitative estimate of drug-likeness (QED) is 0.746. The van der Waals surface area contributed by atoms with Crippen LogP contribution < -0.4 is 0 Å². The van der Waals surface area contributed by atoms with Gasteiger partial charge in [-0.25, -0.2) is 21.6 Å². The van der Waals surface area contributed by atoms with E-state index in [4.69, 9.17) is 0 Å². The highest BCUT2D eigenvalue weighted by molar-refractivity contribution is 7.97. The molecule has 0 amide bonds. The molecule has 0 aromatic carbocycles. The van der Waals surface area contributed by atoms with Gasteiger partial charge in [-0.3, -0.25) is 0 Å². The second-order valence-electron chi connectivity index (χ2n) is 6.99. The van der Waals surface area contributed by atoms with Gasteiger partial charge in [0, 0.05) is 0 Å². The minimum absolute atomic E-state index is 0.159. The van der Waals surface area contributed by atoms with Crippen molar-refractivity contribution in [2.24, 2.45) is 0 Å². The molecule has 1 heterocycles. The number of ether oxygens (including phenoxy) is 1. The van der Waals surface area contributed by atoms with Gasteiger partial charge in [-0.05, 0) is 47.6 Å². The fourth-order valence-electron chi connectivity index (χ4n) is 1.52. The molecule has 9 heteroatoms. The predicted molar refractivity (Wildman–Crippen MR) is 89.5 cm³/mol. The lowest BCUT2D eigenvalue weighted by molar-refractivity contribution is 0.0597. The highest BCUT2D eigenvalue weighted by Gasteiger charge is 2.40. The molecule has 132 valence electrons. The van der Waals surface area contributed by atoms with Crippen molar-refractivity contribution in [2.45, 2.75) is 59.5 Å². The highest BCUT2D eigenvalue weighted by atomic mass is 32.3. The van der Waals surface area contributed by atoms with E-state index in [1.165, 1.54) is 41.5 Å². The second-order valence-corrected chi connectivity index (χ2v) is 13.9. The Morgan fingerprint density at radius 2 is 1.39 bits per heavy atom. The van der Waals surface area contributed by atoms with Gasteiger partial charge in [-0.1, -0.05) is 0 Å². The maximum absolute atomic E-state index is 12.7. The van der Waals surface area contributed by atoms with Crippen LogP contribution in [0.25, 0.3) is 0 Å². The molecule has 0 saturated heterocycles. The Kier molecular flexibility index (Phi) is 5.12. The molecule has 0 spiro atoms. The molecular formula is C14H22O6S3. The molecule has 0 aliphatic rings. The maximum Gasteiger partial charge on any atom is 0.340 e. The van der Waals surface area contributed by atoms with E-state index in [0.29, 0.717) is 11.3 Å². The third-order valence-electron chi connectivity index (χ3n) is 3.20. The van der Waals surface area contributed by atoms with Gasteiger partial charge in [-0.2, -0.15) is 0 Å². The van der Waals surface area contributed by atoms with Crippen LogP contribution in [-0.2, 0) is 24.4 Å². The van der Waals surface area contributed by atoms with Crippen LogP contribution in [0.15, 0.2) is 14.5 Å². The van der Waals surface area contributed by atoms with E-state index in [-0.39, 0.29) is 14.0 Å². The number of thiophene rings is 1. The molecular weight excluding hydrogens is 360 g/mol. The number of rotatable bonds is 3. The van der Waals surface area contributed by atoms with Crippen LogP contribution in [-0.4, -0.2) is 39.4 Å². The van der Waals surface area contributed by atoms with Crippen molar-refractivity contribution in [1.29, 1.82) is 0 Å². The Morgan fingerprint density at radius 3 is 1.74 bits per heavy atom. The van der Waals surface area contributed by atoms with Crippen LogP contribution in [0.3, 0.4) is 0 Å². The van der Waals surface area contributed by atoms with E-state index in [1.807, 2.05) is 0 Å². The van der Waals surface area contributed by atoms with E-state index in [2.05, 4.69) is 4.74 Å². The molecule has 1 aromatic rings. The Morgan fingerprint density at radius 1 is 0.957 bits per heavy atom. The molecule has 0 radical (unpaired) electrons. The average molecular weight is 383 g/mol. The van der Waals surface area contributed by atoms with Gasteiger partial charge < -0.3 is 4.74 Å². The van der Waals surface area contributed by atoms with Gasteiger partial charge in [0.2, 0.25) is 0 Å². The fraction of sp³-hybridized carbons (Fsp3) is 0.643. The van der Waals surface area contributed by atoms with E-state index >= 15 is 0 Å². The Balaban J connectivity index is 3.78. The fourth-order valence-corrected chi connectivity index (χ4v) is 7.05. The van der Waals surface area contributed by atoms with Gasteiger partial charge in [0.1, 0.15) is 8.42 Å². The summed E-state index contributed by atoms with van der Waals surface area (Å²) in [6.07, 6.45) is 0. The standard InChI is InChI=1S/C14H22O6S3/c1-13(2,3)22(16,17)10-8-9(11(15)20-7)12(21-10)23(18,19)14(4,5)6/h8H,1-7H3. The number of hydrogen-bond acceptors (Lipinski definition) is 7. The third-order valence-corrected chi connectivity index (χ3v) is 10.3. The van der Waals surface area contributed by atoms with Crippen LogP contribution in [0.1, 0.15) is 51.9 Å². The topological polar surface area (TPSA) is 94.6 Å². The number of carbonyl (C=O) groups is 1. The van der Waals surface area contributed by atoms with Crippen molar-refractivity contribution in [2.75, 3.05) is 7.11 Å². The first-order valence-electron chi connectivity index (χ1n) is 6.79. The number of hydrogen-bond donors (Lipinski definition) is 0. The van der Waals surface area contributed by atoms with Crippen LogP contribution in [0, 0.1) is 0 Å². The molecule has 0 fully saturated rings. The van der Waals surface area contributed by atoms with Crippen molar-refractivity contribution >= 4 is 37.0 Å². The normalized spacial score (nSPS) is 13.9. The van der Waals surface area contributed by atoms with Crippen molar-refractivity contribution in [3.8, 4) is 0 Å². The number of methoxy groups -OCH3 is 1. The molecule has 1 rings (SSSR count). The van der Waals surface area contributed by atoms with E-state index < -0.39 is 35.1 Å². The van der Waals surface area contributed by atoms with Crippen molar-refractivity contribution in [3.05, 3.63) is 11.6 Å². The summed E-state index contributed by atoms with van der Waals surface area (Å²) >= 11 is 0.594. The van der Waals surface area contributed by atoms with E-state index in [9.17, 15) is 21.6 Å². The molecule has 23 heavy (non-hydrogen) atoms. The van der Waals surface area contributed by atoms with Crippen molar-refractivity contribution < 1.29 is 26.4 Å². The summed E-state index contributed by atoms with van der Waals surface area (Å²) in [6.45, 7) is 9.00. The van der Waals surface area contributed by atoms with Crippen molar-refractivity contribution in [1.82, 2.24) is 0 Å². The Hall–Kier alpha value is -0.930. The van der Waals surface area contributed by atoms with Gasteiger partial charge in [0.15, 0.2) is 19.7 Å². The SMILES string of the molecule is COC(=O)c1cc(S(=O)(=O)C(C)(C)C)sc1S(=O)(=O)C(C)(C)C. The lowest BCUT2D eigenvalue weighted by atomic mass is 10.3. The summed E-state index contributed by atoms with van der Waals surface area (Å²) in [4.78, 5) is 11.9. The largest absolute Gasteiger partial charge is 0.465 e. The second kappa shape index (κ2) is 5.86. The first-order valence-corrected chi connectivity index (χ1v) is 10.6. The minimum Gasteiger partial charge on any atom is -0.465 e. The number of carbonyl (C=O) groups excluding carboxylic acids is 1. The molecule has 0 atom stereocenters. The van der Waals surface area contributed by atoms with Crippen LogP contribution in [0.2, 0.25) is 0 Å². The van der Waals surface area contributed by atoms with E-state index in [0.717, 1.165) is 13.2 Å². The maximum atomic E-state index is 12.7. The van der Waals surface area contributed by atoms with E-state index in [1.54, 1.807) is 0 Å². The monoisotopic (exact) mass is 382 g/mol. The molecule has 0 aliphatic carbocycles. The van der Waals surface area contributed by atoms with Crippen LogP contribution in [0.5, 0.6) is 0 Å². The number of esters is 1. The molecule has 0 unspecified atom stereocenters. The lowest BCUT2D eigenvalue weighted by Gasteiger charge is -2.19. The highest BCUT2D eigenvalue weighted by Crippen LogP contribution is 2.39. The first kappa shape index (κ1) is 20.1. The van der Waals surface area contributed by atoms with Gasteiger partial charge in [0.05, 0.1) is 22.2 Å². The third kappa shape index (κ3) is 3.46. The van der Waals surface area contributed by atoms with Gasteiger partial charge >= 0.3 is 5.97 Å². The van der Waals surface area contributed by atoms with Gasteiger partial charge in [0.25, 0.3) is 0 Å². The zero-order valence-corrected chi connectivity index (χ0v) is 16.7. The summed E-state index contributed by atoms with van der Waals surface area (Å²) in [6, 6.07) is 1.09. The summed E-state index contributed by atoms with van der Waals surface area (Å²) in [7, 11) is -6.56.